The summed E-state index contributed by atoms with van der Waals surface area (Å²) in [5.41, 5.74) is 10.6. The fraction of sp³-hybridized carbons (Fsp3) is 0.556. The first-order valence-corrected chi connectivity index (χ1v) is 5.47. The van der Waals surface area contributed by atoms with E-state index in [4.69, 9.17) is 16.0 Å². The minimum Gasteiger partial charge on any atom is -0.393 e. The van der Waals surface area contributed by atoms with E-state index in [0.29, 0.717) is 0 Å². The van der Waals surface area contributed by atoms with Crippen LogP contribution in [0, 0.1) is 0 Å². The van der Waals surface area contributed by atoms with Gasteiger partial charge in [-0.15, -0.1) is 0 Å². The van der Waals surface area contributed by atoms with E-state index in [0.717, 1.165) is 10.8 Å². The number of nitrogens with two attached hydrogens (primary N) is 1. The highest BCUT2D eigenvalue weighted by Gasteiger charge is 2.56. The van der Waals surface area contributed by atoms with Crippen LogP contribution in [0.15, 0.2) is 22.2 Å². The topological polar surface area (TPSA) is 159 Å². The summed E-state index contributed by atoms with van der Waals surface area (Å²) in [7, 11) is 0. The minimum absolute atomic E-state index is 0.0660. The molecule has 1 fully saturated rings. The second-order valence-electron chi connectivity index (χ2n) is 4.13. The highest BCUT2D eigenvalue weighted by molar-refractivity contribution is 5.23. The molecule has 4 atom stereocenters. The number of alkyl halides is 1. The molecule has 0 aliphatic carbocycles. The van der Waals surface area contributed by atoms with E-state index in [1.54, 1.807) is 0 Å². The monoisotopic (exact) mass is 286 g/mol. The fourth-order valence-corrected chi connectivity index (χ4v) is 1.90. The van der Waals surface area contributed by atoms with Crippen LogP contribution in [-0.4, -0.2) is 44.4 Å². The van der Waals surface area contributed by atoms with Gasteiger partial charge < -0.3 is 20.7 Å². The second-order valence-corrected chi connectivity index (χ2v) is 4.13. The Morgan fingerprint density at radius 3 is 3.00 bits per heavy atom. The van der Waals surface area contributed by atoms with Crippen LogP contribution in [0.3, 0.4) is 0 Å². The molecular formula is C9H11FN6O4. The first kappa shape index (κ1) is 14.2. The van der Waals surface area contributed by atoms with Gasteiger partial charge in [-0.25, -0.2) is 9.18 Å². The molecule has 1 aliphatic rings. The second kappa shape index (κ2) is 5.06. The molecule has 0 radical (unpaired) electrons. The number of hydrogen-bond acceptors (Lipinski definition) is 7. The molecule has 1 unspecified atom stereocenters. The Hall–Kier alpha value is -2.20. The van der Waals surface area contributed by atoms with Gasteiger partial charge in [0.15, 0.2) is 12.4 Å². The summed E-state index contributed by atoms with van der Waals surface area (Å²) in [5, 5.41) is 22.0. The number of ether oxygens (including phenoxy) is 1. The van der Waals surface area contributed by atoms with Crippen molar-refractivity contribution in [2.45, 2.75) is 24.2 Å². The summed E-state index contributed by atoms with van der Waals surface area (Å²) in [4.78, 5) is 17.4. The lowest BCUT2D eigenvalue weighted by atomic mass is 10.1. The average molecular weight is 286 g/mol. The number of rotatable bonds is 3. The SMILES string of the molecule is [N-]=[N+]=NC1(CO)O[C@@H](n2ccc(N)nc2=O)[C@H](F)[C@@H]1O. The van der Waals surface area contributed by atoms with Crippen LogP contribution in [0.5, 0.6) is 0 Å². The largest absolute Gasteiger partial charge is 0.393 e. The summed E-state index contributed by atoms with van der Waals surface area (Å²) < 4.78 is 19.9. The molecule has 4 N–H and O–H groups in total. The molecule has 1 aromatic rings. The lowest BCUT2D eigenvalue weighted by Gasteiger charge is -2.23. The molecule has 0 saturated carbocycles. The number of halogens is 1. The molecule has 11 heteroatoms. The zero-order chi connectivity index (χ0) is 14.9. The molecule has 10 nitrogen and oxygen atoms in total. The lowest BCUT2D eigenvalue weighted by molar-refractivity contribution is -0.124. The Bertz CT molecular complexity index is 617. The van der Waals surface area contributed by atoms with Crippen molar-refractivity contribution in [2.75, 3.05) is 12.3 Å². The third-order valence-electron chi connectivity index (χ3n) is 2.93. The summed E-state index contributed by atoms with van der Waals surface area (Å²) in [6.07, 6.45) is -4.50. The zero-order valence-corrected chi connectivity index (χ0v) is 10.00. The van der Waals surface area contributed by atoms with Gasteiger partial charge in [-0.2, -0.15) is 4.98 Å². The number of nitrogen functional groups attached to an aromatic ring is 1. The minimum atomic E-state index is -2.19. The fourth-order valence-electron chi connectivity index (χ4n) is 1.90. The van der Waals surface area contributed by atoms with Gasteiger partial charge in [-0.05, 0) is 11.6 Å². The Labute approximate surface area is 110 Å². The third-order valence-corrected chi connectivity index (χ3v) is 2.93. The standard InChI is InChI=1S/C9H11FN6O4/c10-5-6(18)9(3-17,14-15-12)20-7(5)16-2-1-4(11)13-8(16)19/h1-2,5-7,17-18H,3H2,(H2,11,13,19)/t5-,6+,7-,9?/m1/s1. The number of aliphatic hydroxyl groups is 2. The Morgan fingerprint density at radius 1 is 1.75 bits per heavy atom. The highest BCUT2D eigenvalue weighted by Crippen LogP contribution is 2.39. The molecule has 1 aromatic heterocycles. The van der Waals surface area contributed by atoms with Crippen LogP contribution in [0.25, 0.3) is 10.4 Å². The number of aliphatic hydroxyl groups excluding tert-OH is 2. The van der Waals surface area contributed by atoms with E-state index in [9.17, 15) is 19.4 Å². The number of hydrogen-bond donors (Lipinski definition) is 3. The molecule has 0 bridgehead atoms. The van der Waals surface area contributed by atoms with Crippen LogP contribution >= 0.6 is 0 Å². The van der Waals surface area contributed by atoms with Crippen molar-refractivity contribution < 1.29 is 19.3 Å². The van der Waals surface area contributed by atoms with Crippen molar-refractivity contribution in [3.8, 4) is 0 Å². The van der Waals surface area contributed by atoms with Crippen LogP contribution in [-0.2, 0) is 4.74 Å². The summed E-state index contributed by atoms with van der Waals surface area (Å²) in [5.74, 6) is -0.0660. The molecule has 0 amide bonds. The van der Waals surface area contributed by atoms with Crippen molar-refractivity contribution in [2.24, 2.45) is 5.11 Å². The van der Waals surface area contributed by atoms with Gasteiger partial charge in [-0.1, -0.05) is 5.11 Å². The Morgan fingerprint density at radius 2 is 2.45 bits per heavy atom. The van der Waals surface area contributed by atoms with Crippen molar-refractivity contribution in [1.29, 1.82) is 0 Å². The maximum Gasteiger partial charge on any atom is 0.351 e. The lowest BCUT2D eigenvalue weighted by Crippen LogP contribution is -2.43. The van der Waals surface area contributed by atoms with E-state index in [1.165, 1.54) is 6.07 Å². The predicted molar refractivity (Wildman–Crippen MR) is 62.9 cm³/mol. The van der Waals surface area contributed by atoms with Gasteiger partial charge in [0.1, 0.15) is 11.9 Å². The van der Waals surface area contributed by atoms with Crippen LogP contribution in [0.2, 0.25) is 0 Å². The van der Waals surface area contributed by atoms with E-state index in [-0.39, 0.29) is 5.82 Å². The normalized spacial score (nSPS) is 32.9. The quantitative estimate of drug-likeness (QED) is 0.369. The van der Waals surface area contributed by atoms with Crippen molar-refractivity contribution >= 4 is 5.82 Å². The molecular weight excluding hydrogens is 275 g/mol. The maximum absolute atomic E-state index is 14.1. The smallest absolute Gasteiger partial charge is 0.351 e. The van der Waals surface area contributed by atoms with Crippen LogP contribution < -0.4 is 11.4 Å². The van der Waals surface area contributed by atoms with Gasteiger partial charge in [-0.3, -0.25) is 4.57 Å². The summed E-state index contributed by atoms with van der Waals surface area (Å²) >= 11 is 0. The molecule has 1 aliphatic heterocycles. The van der Waals surface area contributed by atoms with Gasteiger partial charge in [0, 0.05) is 11.1 Å². The van der Waals surface area contributed by atoms with Gasteiger partial charge >= 0.3 is 5.69 Å². The summed E-state index contributed by atoms with van der Waals surface area (Å²) in [6.45, 7) is -0.952. The van der Waals surface area contributed by atoms with E-state index < -0.39 is 36.5 Å². The molecule has 1 saturated heterocycles. The first-order valence-electron chi connectivity index (χ1n) is 5.47. The average Bonchev–Trinajstić information content (AvgIpc) is 2.65. The zero-order valence-electron chi connectivity index (χ0n) is 10.00. The van der Waals surface area contributed by atoms with E-state index in [2.05, 4.69) is 15.0 Å². The molecule has 20 heavy (non-hydrogen) atoms. The summed E-state index contributed by atoms with van der Waals surface area (Å²) in [6, 6.07) is 1.23. The molecule has 0 spiro atoms. The third kappa shape index (κ3) is 2.08. The predicted octanol–water partition coefficient (Wildman–Crippen LogP) is -0.948. The number of nitrogens with zero attached hydrogens (tertiary/aromatic N) is 5. The van der Waals surface area contributed by atoms with E-state index >= 15 is 0 Å². The molecule has 0 aromatic carbocycles. The molecule has 2 rings (SSSR count). The number of azide groups is 1. The number of anilines is 1. The van der Waals surface area contributed by atoms with Crippen LogP contribution in [0.1, 0.15) is 6.23 Å². The van der Waals surface area contributed by atoms with Crippen molar-refractivity contribution in [3.05, 3.63) is 33.2 Å². The van der Waals surface area contributed by atoms with Crippen molar-refractivity contribution in [1.82, 2.24) is 9.55 Å². The number of aromatic nitrogens is 2. The molecule has 108 valence electrons. The Balaban J connectivity index is 2.45. The maximum atomic E-state index is 14.1. The first-order chi connectivity index (χ1) is 9.45. The highest BCUT2D eigenvalue weighted by atomic mass is 19.1. The van der Waals surface area contributed by atoms with Gasteiger partial charge in [0.05, 0.1) is 6.61 Å². The Kier molecular flexibility index (Phi) is 3.59. The van der Waals surface area contributed by atoms with Crippen LogP contribution in [0.4, 0.5) is 10.2 Å². The molecule has 2 heterocycles. The van der Waals surface area contributed by atoms with Crippen molar-refractivity contribution in [3.63, 3.8) is 0 Å². The van der Waals surface area contributed by atoms with E-state index in [1.807, 2.05) is 0 Å². The van der Waals surface area contributed by atoms with Gasteiger partial charge in [0.25, 0.3) is 0 Å². The van der Waals surface area contributed by atoms with Gasteiger partial charge in [0.2, 0.25) is 5.72 Å².